The van der Waals surface area contributed by atoms with Crippen LogP contribution >= 0.6 is 0 Å². The SMILES string of the molecule is CC(C)(CC(O)(Cc1ccccc1)C(=O)NC1OC(=O)c2ccccc21)c1ccccc1. The normalized spacial score (nSPS) is 17.2. The lowest BCUT2D eigenvalue weighted by molar-refractivity contribution is -0.145. The van der Waals surface area contributed by atoms with Crippen LogP contribution in [0.15, 0.2) is 84.9 Å². The Kier molecular flexibility index (Phi) is 5.85. The second-order valence-corrected chi connectivity index (χ2v) is 8.97. The maximum absolute atomic E-state index is 13.5. The van der Waals surface area contributed by atoms with Crippen molar-refractivity contribution in [2.75, 3.05) is 0 Å². The van der Waals surface area contributed by atoms with E-state index in [0.717, 1.165) is 11.1 Å². The summed E-state index contributed by atoms with van der Waals surface area (Å²) in [6, 6.07) is 26.2. The molecule has 3 aromatic rings. The molecule has 32 heavy (non-hydrogen) atoms. The fraction of sp³-hybridized carbons (Fsp3) is 0.259. The van der Waals surface area contributed by atoms with Crippen LogP contribution in [0.1, 0.15) is 53.5 Å². The van der Waals surface area contributed by atoms with Crippen LogP contribution < -0.4 is 5.32 Å². The third kappa shape index (κ3) is 4.43. The zero-order valence-electron chi connectivity index (χ0n) is 18.2. The van der Waals surface area contributed by atoms with Crippen molar-refractivity contribution in [1.29, 1.82) is 0 Å². The summed E-state index contributed by atoms with van der Waals surface area (Å²) >= 11 is 0. The molecule has 0 radical (unpaired) electrons. The molecule has 1 heterocycles. The molecule has 1 aliphatic heterocycles. The van der Waals surface area contributed by atoms with Gasteiger partial charge in [0.25, 0.3) is 5.91 Å². The summed E-state index contributed by atoms with van der Waals surface area (Å²) < 4.78 is 5.38. The highest BCUT2D eigenvalue weighted by molar-refractivity contribution is 5.95. The summed E-state index contributed by atoms with van der Waals surface area (Å²) in [6.45, 7) is 4.02. The van der Waals surface area contributed by atoms with E-state index in [1.54, 1.807) is 24.3 Å². The number of rotatable bonds is 7. The highest BCUT2D eigenvalue weighted by atomic mass is 16.6. The second kappa shape index (κ2) is 8.60. The second-order valence-electron chi connectivity index (χ2n) is 8.97. The van der Waals surface area contributed by atoms with Crippen molar-refractivity contribution >= 4 is 11.9 Å². The number of nitrogens with one attached hydrogen (secondary N) is 1. The predicted molar refractivity (Wildman–Crippen MR) is 122 cm³/mol. The molecule has 2 N–H and O–H groups in total. The number of hydrogen-bond acceptors (Lipinski definition) is 4. The van der Waals surface area contributed by atoms with E-state index >= 15 is 0 Å². The number of aliphatic hydroxyl groups is 1. The van der Waals surface area contributed by atoms with E-state index in [2.05, 4.69) is 5.32 Å². The summed E-state index contributed by atoms with van der Waals surface area (Å²) in [6.07, 6.45) is -0.598. The molecule has 3 aromatic carbocycles. The van der Waals surface area contributed by atoms with Gasteiger partial charge >= 0.3 is 5.97 Å². The molecule has 2 unspecified atom stereocenters. The number of hydrogen-bond donors (Lipinski definition) is 2. The van der Waals surface area contributed by atoms with Crippen LogP contribution in [-0.2, 0) is 21.4 Å². The first kappa shape index (κ1) is 21.8. The third-order valence-electron chi connectivity index (χ3n) is 6.00. The van der Waals surface area contributed by atoms with E-state index in [0.29, 0.717) is 11.1 Å². The Balaban J connectivity index is 1.63. The van der Waals surface area contributed by atoms with E-state index in [1.807, 2.05) is 74.5 Å². The monoisotopic (exact) mass is 429 g/mol. The average Bonchev–Trinajstić information content (AvgIpc) is 3.10. The number of fused-ring (bicyclic) bond motifs is 1. The van der Waals surface area contributed by atoms with Gasteiger partial charge in [-0.25, -0.2) is 4.79 Å². The molecule has 0 aliphatic carbocycles. The minimum absolute atomic E-state index is 0.137. The Morgan fingerprint density at radius 2 is 1.53 bits per heavy atom. The minimum Gasteiger partial charge on any atom is -0.434 e. The number of benzene rings is 3. The van der Waals surface area contributed by atoms with Crippen LogP contribution in [0.3, 0.4) is 0 Å². The van der Waals surface area contributed by atoms with Crippen LogP contribution in [0, 0.1) is 0 Å². The number of ether oxygens (including phenoxy) is 1. The lowest BCUT2D eigenvalue weighted by Gasteiger charge is -2.36. The van der Waals surface area contributed by atoms with Crippen LogP contribution in [0.2, 0.25) is 0 Å². The van der Waals surface area contributed by atoms with E-state index in [4.69, 9.17) is 4.74 Å². The largest absolute Gasteiger partial charge is 0.434 e. The van der Waals surface area contributed by atoms with Crippen molar-refractivity contribution in [3.05, 3.63) is 107 Å². The van der Waals surface area contributed by atoms with E-state index in [-0.39, 0.29) is 12.8 Å². The van der Waals surface area contributed by atoms with Crippen molar-refractivity contribution in [1.82, 2.24) is 5.32 Å². The fourth-order valence-electron chi connectivity index (χ4n) is 4.39. The van der Waals surface area contributed by atoms with Gasteiger partial charge < -0.3 is 15.2 Å². The van der Waals surface area contributed by atoms with Crippen molar-refractivity contribution < 1.29 is 19.4 Å². The molecule has 0 saturated carbocycles. The Hall–Kier alpha value is -3.44. The summed E-state index contributed by atoms with van der Waals surface area (Å²) in [5.41, 5.74) is 0.691. The van der Waals surface area contributed by atoms with Gasteiger partial charge in [-0.05, 0) is 29.0 Å². The standard InChI is InChI=1S/C27H27NO4/c1-26(2,20-13-7-4-8-14-20)18-27(31,17-19-11-5-3-6-12-19)25(30)28-23-21-15-9-10-16-22(21)24(29)32-23/h3-16,23,31H,17-18H2,1-2H3,(H,28,30). The van der Waals surface area contributed by atoms with Crippen molar-refractivity contribution in [2.24, 2.45) is 0 Å². The first-order valence-electron chi connectivity index (χ1n) is 10.7. The maximum Gasteiger partial charge on any atom is 0.340 e. The first-order chi connectivity index (χ1) is 15.3. The topological polar surface area (TPSA) is 75.6 Å². The summed E-state index contributed by atoms with van der Waals surface area (Å²) in [5, 5.41) is 14.5. The van der Waals surface area contributed by atoms with Gasteiger partial charge in [0, 0.05) is 12.0 Å². The van der Waals surface area contributed by atoms with Crippen LogP contribution in [-0.4, -0.2) is 22.6 Å². The molecule has 1 aliphatic rings. The molecule has 0 bridgehead atoms. The highest BCUT2D eigenvalue weighted by Crippen LogP contribution is 2.36. The van der Waals surface area contributed by atoms with Crippen LogP contribution in [0.25, 0.3) is 0 Å². The van der Waals surface area contributed by atoms with Gasteiger partial charge in [0.1, 0.15) is 5.60 Å². The molecule has 1 amide bonds. The molecule has 0 spiro atoms. The number of carbonyl (C=O) groups is 2. The van der Waals surface area contributed by atoms with Gasteiger partial charge in [-0.1, -0.05) is 92.7 Å². The summed E-state index contributed by atoms with van der Waals surface area (Å²) in [7, 11) is 0. The number of esters is 1. The molecular formula is C27H27NO4. The molecular weight excluding hydrogens is 402 g/mol. The molecule has 5 nitrogen and oxygen atoms in total. The Morgan fingerprint density at radius 1 is 0.938 bits per heavy atom. The molecule has 2 atom stereocenters. The lowest BCUT2D eigenvalue weighted by atomic mass is 9.73. The summed E-state index contributed by atoms with van der Waals surface area (Å²) in [5.74, 6) is -1.05. The van der Waals surface area contributed by atoms with E-state index in [9.17, 15) is 14.7 Å². The molecule has 164 valence electrons. The molecule has 0 saturated heterocycles. The highest BCUT2D eigenvalue weighted by Gasteiger charge is 2.44. The maximum atomic E-state index is 13.5. The van der Waals surface area contributed by atoms with Gasteiger partial charge in [0.2, 0.25) is 6.23 Å². The number of amides is 1. The Morgan fingerprint density at radius 3 is 2.22 bits per heavy atom. The fourth-order valence-corrected chi connectivity index (χ4v) is 4.39. The lowest BCUT2D eigenvalue weighted by Crippen LogP contribution is -2.52. The molecule has 0 aromatic heterocycles. The third-order valence-corrected chi connectivity index (χ3v) is 6.00. The smallest absolute Gasteiger partial charge is 0.340 e. The van der Waals surface area contributed by atoms with Gasteiger partial charge in [0.05, 0.1) is 5.56 Å². The number of carbonyl (C=O) groups excluding carboxylic acids is 2. The minimum atomic E-state index is -1.72. The van der Waals surface area contributed by atoms with Gasteiger partial charge in [-0.3, -0.25) is 4.79 Å². The van der Waals surface area contributed by atoms with Gasteiger partial charge in [-0.2, -0.15) is 0 Å². The van der Waals surface area contributed by atoms with E-state index < -0.39 is 29.1 Å². The van der Waals surface area contributed by atoms with Crippen LogP contribution in [0.5, 0.6) is 0 Å². The van der Waals surface area contributed by atoms with Crippen molar-refractivity contribution in [3.8, 4) is 0 Å². The van der Waals surface area contributed by atoms with E-state index in [1.165, 1.54) is 0 Å². The van der Waals surface area contributed by atoms with Gasteiger partial charge in [0.15, 0.2) is 0 Å². The number of cyclic esters (lactones) is 1. The Labute approximate surface area is 188 Å². The zero-order valence-corrected chi connectivity index (χ0v) is 18.2. The molecule has 4 rings (SSSR count). The molecule has 0 fully saturated rings. The predicted octanol–water partition coefficient (Wildman–Crippen LogP) is 4.31. The quantitative estimate of drug-likeness (QED) is 0.549. The van der Waals surface area contributed by atoms with Crippen molar-refractivity contribution in [3.63, 3.8) is 0 Å². The first-order valence-corrected chi connectivity index (χ1v) is 10.7. The average molecular weight is 430 g/mol. The van der Waals surface area contributed by atoms with Crippen molar-refractivity contribution in [2.45, 2.75) is 43.9 Å². The zero-order chi connectivity index (χ0) is 22.8. The summed E-state index contributed by atoms with van der Waals surface area (Å²) in [4.78, 5) is 25.7. The van der Waals surface area contributed by atoms with Gasteiger partial charge in [-0.15, -0.1) is 0 Å². The van der Waals surface area contributed by atoms with Crippen LogP contribution in [0.4, 0.5) is 0 Å². The molecule has 5 heteroatoms. The Bertz CT molecular complexity index is 1110.